The van der Waals surface area contributed by atoms with E-state index in [1.165, 1.54) is 0 Å². The standard InChI is InChI=1S/C14H19N3O2/c1-4-5-11(15)14-16-13(17-19-14)10-7-6-9(2)8-12(10)18-3/h6-8,11H,4-5,15H2,1-3H3. The number of aryl methyl sites for hydroxylation is 1. The monoisotopic (exact) mass is 261 g/mol. The Bertz CT molecular complexity index is 551. The molecule has 1 aromatic heterocycles. The molecule has 0 spiro atoms. The number of benzene rings is 1. The maximum Gasteiger partial charge on any atom is 0.243 e. The zero-order chi connectivity index (χ0) is 13.8. The lowest BCUT2D eigenvalue weighted by atomic mass is 10.1. The highest BCUT2D eigenvalue weighted by atomic mass is 16.5. The zero-order valence-electron chi connectivity index (χ0n) is 11.5. The Labute approximate surface area is 112 Å². The normalized spacial score (nSPS) is 12.4. The number of rotatable bonds is 5. The third kappa shape index (κ3) is 2.93. The van der Waals surface area contributed by atoms with E-state index < -0.39 is 0 Å². The van der Waals surface area contributed by atoms with Gasteiger partial charge in [0.05, 0.1) is 18.7 Å². The zero-order valence-corrected chi connectivity index (χ0v) is 11.5. The van der Waals surface area contributed by atoms with Crippen LogP contribution in [0.5, 0.6) is 5.75 Å². The summed E-state index contributed by atoms with van der Waals surface area (Å²) < 4.78 is 10.6. The molecule has 0 aliphatic rings. The average molecular weight is 261 g/mol. The van der Waals surface area contributed by atoms with Crippen molar-refractivity contribution >= 4 is 0 Å². The van der Waals surface area contributed by atoms with Gasteiger partial charge in [-0.15, -0.1) is 0 Å². The Morgan fingerprint density at radius 3 is 2.89 bits per heavy atom. The molecule has 2 N–H and O–H groups in total. The second-order valence-corrected chi connectivity index (χ2v) is 4.56. The predicted octanol–water partition coefficient (Wildman–Crippen LogP) is 2.85. The van der Waals surface area contributed by atoms with Gasteiger partial charge in [0.1, 0.15) is 5.75 Å². The molecule has 2 aromatic rings. The van der Waals surface area contributed by atoms with E-state index in [0.717, 1.165) is 29.7 Å². The van der Waals surface area contributed by atoms with Gasteiger partial charge in [0.25, 0.3) is 0 Å². The number of hydrogen-bond acceptors (Lipinski definition) is 5. The minimum Gasteiger partial charge on any atom is -0.496 e. The lowest BCUT2D eigenvalue weighted by Crippen LogP contribution is -2.09. The van der Waals surface area contributed by atoms with Crippen LogP contribution in [0.1, 0.15) is 37.3 Å². The summed E-state index contributed by atoms with van der Waals surface area (Å²) in [5.41, 5.74) is 7.89. The Kier molecular flexibility index (Phi) is 4.16. The highest BCUT2D eigenvalue weighted by Crippen LogP contribution is 2.29. The van der Waals surface area contributed by atoms with Crippen LogP contribution >= 0.6 is 0 Å². The molecule has 0 aliphatic heterocycles. The molecule has 0 saturated carbocycles. The van der Waals surface area contributed by atoms with E-state index in [9.17, 15) is 0 Å². The fourth-order valence-corrected chi connectivity index (χ4v) is 1.91. The number of aromatic nitrogens is 2. The van der Waals surface area contributed by atoms with Crippen molar-refractivity contribution in [1.82, 2.24) is 10.1 Å². The molecule has 1 heterocycles. The van der Waals surface area contributed by atoms with Crippen LogP contribution < -0.4 is 10.5 Å². The predicted molar refractivity (Wildman–Crippen MR) is 72.9 cm³/mol. The Morgan fingerprint density at radius 2 is 2.21 bits per heavy atom. The van der Waals surface area contributed by atoms with Gasteiger partial charge in [-0.3, -0.25) is 0 Å². The number of nitrogens with two attached hydrogens (primary N) is 1. The SMILES string of the molecule is CCCC(N)c1nc(-c2ccc(C)cc2OC)no1. The van der Waals surface area contributed by atoms with Gasteiger partial charge in [0.15, 0.2) is 0 Å². The summed E-state index contributed by atoms with van der Waals surface area (Å²) in [4.78, 5) is 4.35. The van der Waals surface area contributed by atoms with E-state index in [-0.39, 0.29) is 6.04 Å². The smallest absolute Gasteiger partial charge is 0.243 e. The number of methoxy groups -OCH3 is 1. The molecule has 1 unspecified atom stereocenters. The topological polar surface area (TPSA) is 74.2 Å². The fourth-order valence-electron chi connectivity index (χ4n) is 1.91. The van der Waals surface area contributed by atoms with E-state index in [1.54, 1.807) is 7.11 Å². The molecule has 102 valence electrons. The molecule has 19 heavy (non-hydrogen) atoms. The summed E-state index contributed by atoms with van der Waals surface area (Å²) in [5, 5.41) is 3.98. The molecular weight excluding hydrogens is 242 g/mol. The Morgan fingerprint density at radius 1 is 1.42 bits per heavy atom. The summed E-state index contributed by atoms with van der Waals surface area (Å²) in [6.45, 7) is 4.07. The van der Waals surface area contributed by atoms with Crippen LogP contribution in [0.4, 0.5) is 0 Å². The third-order valence-electron chi connectivity index (χ3n) is 2.96. The van der Waals surface area contributed by atoms with Crippen molar-refractivity contribution in [2.75, 3.05) is 7.11 Å². The van der Waals surface area contributed by atoms with Gasteiger partial charge < -0.3 is 15.0 Å². The maximum atomic E-state index is 5.96. The van der Waals surface area contributed by atoms with Crippen molar-refractivity contribution in [1.29, 1.82) is 0 Å². The molecule has 5 nitrogen and oxygen atoms in total. The summed E-state index contributed by atoms with van der Waals surface area (Å²) in [7, 11) is 1.63. The molecule has 0 radical (unpaired) electrons. The van der Waals surface area contributed by atoms with Crippen molar-refractivity contribution < 1.29 is 9.26 Å². The molecule has 0 saturated heterocycles. The molecule has 5 heteroatoms. The van der Waals surface area contributed by atoms with Crippen LogP contribution in [-0.2, 0) is 0 Å². The molecule has 0 bridgehead atoms. The summed E-state index contributed by atoms with van der Waals surface area (Å²) in [5.74, 6) is 1.72. The van der Waals surface area contributed by atoms with Crippen LogP contribution in [0, 0.1) is 6.92 Å². The minimum absolute atomic E-state index is 0.206. The molecule has 0 amide bonds. The second-order valence-electron chi connectivity index (χ2n) is 4.56. The van der Waals surface area contributed by atoms with Gasteiger partial charge >= 0.3 is 0 Å². The lowest BCUT2D eigenvalue weighted by Gasteiger charge is -2.05. The van der Waals surface area contributed by atoms with Crippen LogP contribution in [0.3, 0.4) is 0 Å². The van der Waals surface area contributed by atoms with Crippen LogP contribution in [-0.4, -0.2) is 17.3 Å². The highest BCUT2D eigenvalue weighted by Gasteiger charge is 2.17. The van der Waals surface area contributed by atoms with E-state index >= 15 is 0 Å². The number of nitrogens with zero attached hydrogens (tertiary/aromatic N) is 2. The van der Waals surface area contributed by atoms with Crippen molar-refractivity contribution in [3.8, 4) is 17.1 Å². The van der Waals surface area contributed by atoms with Gasteiger partial charge in [-0.05, 0) is 31.0 Å². The van der Waals surface area contributed by atoms with Gasteiger partial charge in [0.2, 0.25) is 11.7 Å². The van der Waals surface area contributed by atoms with E-state index in [2.05, 4.69) is 17.1 Å². The van der Waals surface area contributed by atoms with E-state index in [0.29, 0.717) is 11.7 Å². The molecule has 1 atom stereocenters. The number of ether oxygens (including phenoxy) is 1. The second kappa shape index (κ2) is 5.84. The van der Waals surface area contributed by atoms with Gasteiger partial charge in [0, 0.05) is 0 Å². The Hall–Kier alpha value is -1.88. The molecule has 2 rings (SSSR count). The van der Waals surface area contributed by atoms with Crippen molar-refractivity contribution in [3.63, 3.8) is 0 Å². The minimum atomic E-state index is -0.206. The molecular formula is C14H19N3O2. The first-order chi connectivity index (χ1) is 9.15. The van der Waals surface area contributed by atoms with E-state index in [4.69, 9.17) is 15.0 Å². The molecule has 0 aliphatic carbocycles. The first-order valence-electron chi connectivity index (χ1n) is 6.40. The van der Waals surface area contributed by atoms with Crippen molar-refractivity contribution in [2.45, 2.75) is 32.7 Å². The largest absolute Gasteiger partial charge is 0.496 e. The van der Waals surface area contributed by atoms with E-state index in [1.807, 2.05) is 25.1 Å². The first kappa shape index (κ1) is 13.5. The summed E-state index contributed by atoms with van der Waals surface area (Å²) >= 11 is 0. The average Bonchev–Trinajstić information content (AvgIpc) is 2.88. The molecule has 0 fully saturated rings. The van der Waals surface area contributed by atoms with Crippen molar-refractivity contribution in [3.05, 3.63) is 29.7 Å². The number of hydrogen-bond donors (Lipinski definition) is 1. The molecule has 1 aromatic carbocycles. The van der Waals surface area contributed by atoms with Crippen LogP contribution in [0.15, 0.2) is 22.7 Å². The lowest BCUT2D eigenvalue weighted by molar-refractivity contribution is 0.348. The summed E-state index contributed by atoms with van der Waals surface area (Å²) in [6.07, 6.45) is 1.80. The van der Waals surface area contributed by atoms with Gasteiger partial charge in [-0.25, -0.2) is 0 Å². The van der Waals surface area contributed by atoms with Crippen LogP contribution in [0.2, 0.25) is 0 Å². The van der Waals surface area contributed by atoms with Gasteiger partial charge in [-0.1, -0.05) is 24.6 Å². The highest BCUT2D eigenvalue weighted by molar-refractivity contribution is 5.64. The summed E-state index contributed by atoms with van der Waals surface area (Å²) in [6, 6.07) is 5.65. The van der Waals surface area contributed by atoms with Crippen LogP contribution in [0.25, 0.3) is 11.4 Å². The third-order valence-corrected chi connectivity index (χ3v) is 2.96. The quantitative estimate of drug-likeness (QED) is 0.895. The van der Waals surface area contributed by atoms with Gasteiger partial charge in [-0.2, -0.15) is 4.98 Å². The van der Waals surface area contributed by atoms with Crippen molar-refractivity contribution in [2.24, 2.45) is 5.73 Å². The maximum absolute atomic E-state index is 5.96. The fraction of sp³-hybridized carbons (Fsp3) is 0.429. The first-order valence-corrected chi connectivity index (χ1v) is 6.40. The Balaban J connectivity index is 2.32.